The zero-order valence-corrected chi connectivity index (χ0v) is 12.9. The lowest BCUT2D eigenvalue weighted by Gasteiger charge is -2.16. The first-order valence-corrected chi connectivity index (χ1v) is 7.70. The zero-order valence-electron chi connectivity index (χ0n) is 12.9. The van der Waals surface area contributed by atoms with Crippen LogP contribution < -0.4 is 4.74 Å². The van der Waals surface area contributed by atoms with Crippen LogP contribution in [-0.2, 0) is 17.9 Å². The van der Waals surface area contributed by atoms with Crippen LogP contribution >= 0.6 is 0 Å². The largest absolute Gasteiger partial charge is 0.487 e. The van der Waals surface area contributed by atoms with E-state index in [0.717, 1.165) is 37.5 Å². The van der Waals surface area contributed by atoms with Gasteiger partial charge in [0.05, 0.1) is 11.8 Å². The lowest BCUT2D eigenvalue weighted by Crippen LogP contribution is -2.22. The van der Waals surface area contributed by atoms with Crippen molar-refractivity contribution in [1.29, 1.82) is 0 Å². The van der Waals surface area contributed by atoms with Crippen molar-refractivity contribution in [3.63, 3.8) is 0 Å². The van der Waals surface area contributed by atoms with Crippen LogP contribution in [0.15, 0.2) is 48.7 Å². The van der Waals surface area contributed by atoms with Gasteiger partial charge >= 0.3 is 0 Å². The van der Waals surface area contributed by atoms with Gasteiger partial charge in [0.15, 0.2) is 0 Å². The van der Waals surface area contributed by atoms with Gasteiger partial charge in [-0.1, -0.05) is 18.2 Å². The van der Waals surface area contributed by atoms with E-state index >= 15 is 0 Å². The van der Waals surface area contributed by atoms with Gasteiger partial charge in [-0.15, -0.1) is 0 Å². The van der Waals surface area contributed by atoms with Crippen LogP contribution in [0.2, 0.25) is 0 Å². The van der Waals surface area contributed by atoms with E-state index in [0.29, 0.717) is 12.7 Å². The highest BCUT2D eigenvalue weighted by atomic mass is 16.5. The molecule has 1 aromatic carbocycles. The number of pyridine rings is 1. The molecule has 0 radical (unpaired) electrons. The third-order valence-corrected chi connectivity index (χ3v) is 3.98. The fourth-order valence-corrected chi connectivity index (χ4v) is 2.77. The van der Waals surface area contributed by atoms with Gasteiger partial charge in [0, 0.05) is 32.9 Å². The van der Waals surface area contributed by atoms with Crippen molar-refractivity contribution in [1.82, 2.24) is 9.88 Å². The molecule has 0 saturated carbocycles. The van der Waals surface area contributed by atoms with E-state index in [-0.39, 0.29) is 0 Å². The number of nitrogens with zero attached hydrogens (tertiary/aromatic N) is 2. The van der Waals surface area contributed by atoms with Gasteiger partial charge in [-0.25, -0.2) is 0 Å². The Balaban J connectivity index is 1.56. The molecule has 1 atom stereocenters. The number of methoxy groups -OCH3 is 1. The molecular weight excluding hydrogens is 276 g/mol. The third-order valence-electron chi connectivity index (χ3n) is 3.98. The summed E-state index contributed by atoms with van der Waals surface area (Å²) in [6.45, 7) is 3.55. The molecule has 4 nitrogen and oxygen atoms in total. The molecule has 1 aromatic heterocycles. The highest BCUT2D eigenvalue weighted by molar-refractivity contribution is 5.28. The first-order valence-electron chi connectivity index (χ1n) is 7.70. The molecule has 1 aliphatic heterocycles. The van der Waals surface area contributed by atoms with Crippen molar-refractivity contribution in [3.05, 3.63) is 59.9 Å². The van der Waals surface area contributed by atoms with E-state index < -0.39 is 0 Å². The lowest BCUT2D eigenvalue weighted by molar-refractivity contribution is 0.107. The van der Waals surface area contributed by atoms with Crippen molar-refractivity contribution in [2.75, 3.05) is 20.2 Å². The zero-order chi connectivity index (χ0) is 15.2. The van der Waals surface area contributed by atoms with Gasteiger partial charge in [0.2, 0.25) is 0 Å². The molecule has 1 saturated heterocycles. The summed E-state index contributed by atoms with van der Waals surface area (Å²) in [4.78, 5) is 6.69. The first kappa shape index (κ1) is 15.0. The van der Waals surface area contributed by atoms with Gasteiger partial charge in [-0.3, -0.25) is 9.88 Å². The summed E-state index contributed by atoms with van der Waals surface area (Å²) in [5, 5.41) is 0. The number of hydrogen-bond donors (Lipinski definition) is 0. The molecule has 1 unspecified atom stereocenters. The minimum Gasteiger partial charge on any atom is -0.487 e. The minimum atomic E-state index is 0.378. The van der Waals surface area contributed by atoms with Crippen LogP contribution in [0.1, 0.15) is 17.7 Å². The van der Waals surface area contributed by atoms with Gasteiger partial charge in [-0.05, 0) is 36.2 Å². The Morgan fingerprint density at radius 2 is 2.18 bits per heavy atom. The lowest BCUT2D eigenvalue weighted by atomic mass is 10.2. The average Bonchev–Trinajstić information content (AvgIpc) is 3.02. The smallest absolute Gasteiger partial charge is 0.130 e. The third kappa shape index (κ3) is 4.06. The second-order valence-corrected chi connectivity index (χ2v) is 5.64. The Morgan fingerprint density at radius 3 is 2.95 bits per heavy atom. The van der Waals surface area contributed by atoms with Gasteiger partial charge < -0.3 is 9.47 Å². The Kier molecular flexibility index (Phi) is 5.03. The molecule has 0 amide bonds. The predicted octanol–water partition coefficient (Wildman–Crippen LogP) is 2.88. The van der Waals surface area contributed by atoms with Crippen molar-refractivity contribution in [2.24, 2.45) is 0 Å². The van der Waals surface area contributed by atoms with E-state index in [1.54, 1.807) is 13.3 Å². The van der Waals surface area contributed by atoms with Crippen LogP contribution in [0.5, 0.6) is 5.75 Å². The summed E-state index contributed by atoms with van der Waals surface area (Å²) in [6, 6.07) is 14.2. The molecule has 22 heavy (non-hydrogen) atoms. The van der Waals surface area contributed by atoms with Crippen LogP contribution in [0.25, 0.3) is 0 Å². The maximum Gasteiger partial charge on any atom is 0.130 e. The molecule has 3 rings (SSSR count). The van der Waals surface area contributed by atoms with Crippen molar-refractivity contribution in [3.8, 4) is 5.75 Å². The van der Waals surface area contributed by atoms with Crippen molar-refractivity contribution < 1.29 is 9.47 Å². The van der Waals surface area contributed by atoms with Crippen LogP contribution in [0.3, 0.4) is 0 Å². The summed E-state index contributed by atoms with van der Waals surface area (Å²) in [5.74, 6) is 0.894. The van der Waals surface area contributed by atoms with E-state index in [1.807, 2.05) is 30.3 Å². The number of aromatic nitrogens is 1. The molecule has 1 aliphatic rings. The fraction of sp³-hybridized carbons (Fsp3) is 0.389. The quantitative estimate of drug-likeness (QED) is 0.821. The molecule has 116 valence electrons. The number of ether oxygens (including phenoxy) is 2. The SMILES string of the molecule is COC1CCN(Cc2cccc(OCc3ccccn3)c2)C1. The molecule has 0 spiro atoms. The normalized spacial score (nSPS) is 18.5. The number of hydrogen-bond acceptors (Lipinski definition) is 4. The molecule has 1 fully saturated rings. The summed E-state index contributed by atoms with van der Waals surface area (Å²) < 4.78 is 11.3. The summed E-state index contributed by atoms with van der Waals surface area (Å²) in [6.07, 6.45) is 3.28. The first-order chi connectivity index (χ1) is 10.8. The van der Waals surface area contributed by atoms with Crippen LogP contribution in [-0.4, -0.2) is 36.2 Å². The summed E-state index contributed by atoms with van der Waals surface area (Å²) in [5.41, 5.74) is 2.21. The van der Waals surface area contributed by atoms with Crippen LogP contribution in [0.4, 0.5) is 0 Å². The molecule has 2 heterocycles. The summed E-state index contributed by atoms with van der Waals surface area (Å²) >= 11 is 0. The fourth-order valence-electron chi connectivity index (χ4n) is 2.77. The molecule has 4 heteroatoms. The van der Waals surface area contributed by atoms with E-state index in [9.17, 15) is 0 Å². The maximum absolute atomic E-state index is 5.83. The van der Waals surface area contributed by atoms with Gasteiger partial charge in [0.1, 0.15) is 12.4 Å². The van der Waals surface area contributed by atoms with E-state index in [2.05, 4.69) is 22.0 Å². The maximum atomic E-state index is 5.83. The second-order valence-electron chi connectivity index (χ2n) is 5.64. The highest BCUT2D eigenvalue weighted by Gasteiger charge is 2.21. The Hall–Kier alpha value is -1.91. The Bertz CT molecular complexity index is 589. The van der Waals surface area contributed by atoms with Gasteiger partial charge in [-0.2, -0.15) is 0 Å². The van der Waals surface area contributed by atoms with Gasteiger partial charge in [0.25, 0.3) is 0 Å². The number of rotatable bonds is 6. The van der Waals surface area contributed by atoms with Crippen molar-refractivity contribution >= 4 is 0 Å². The van der Waals surface area contributed by atoms with Crippen LogP contribution in [0, 0.1) is 0 Å². The molecule has 0 N–H and O–H groups in total. The predicted molar refractivity (Wildman–Crippen MR) is 85.7 cm³/mol. The molecular formula is C18H22N2O2. The van der Waals surface area contributed by atoms with E-state index in [4.69, 9.17) is 9.47 Å². The highest BCUT2D eigenvalue weighted by Crippen LogP contribution is 2.19. The summed E-state index contributed by atoms with van der Waals surface area (Å²) in [7, 11) is 1.79. The molecule has 0 bridgehead atoms. The topological polar surface area (TPSA) is 34.6 Å². The van der Waals surface area contributed by atoms with Crippen molar-refractivity contribution in [2.45, 2.75) is 25.7 Å². The number of likely N-dealkylation sites (tertiary alicyclic amines) is 1. The van der Waals surface area contributed by atoms with E-state index in [1.165, 1.54) is 5.56 Å². The Labute approximate surface area is 131 Å². The second kappa shape index (κ2) is 7.38. The molecule has 0 aliphatic carbocycles. The monoisotopic (exact) mass is 298 g/mol. The minimum absolute atomic E-state index is 0.378. The standard InChI is InChI=1S/C18H22N2O2/c1-21-18-8-10-20(13-18)12-15-5-4-7-17(11-15)22-14-16-6-2-3-9-19-16/h2-7,9,11,18H,8,10,12-14H2,1H3. The molecule has 2 aromatic rings. The average molecular weight is 298 g/mol. The Morgan fingerprint density at radius 1 is 1.23 bits per heavy atom. The number of benzene rings is 1.